The summed E-state index contributed by atoms with van der Waals surface area (Å²) in [7, 11) is -2.62. The summed E-state index contributed by atoms with van der Waals surface area (Å²) in [6.07, 6.45) is 1.90. The highest BCUT2D eigenvalue weighted by molar-refractivity contribution is 7.98. The number of carbonyl (C=O) groups excluding carboxylic acids is 2. The summed E-state index contributed by atoms with van der Waals surface area (Å²) in [5, 5.41) is 3.00. The van der Waals surface area contributed by atoms with Gasteiger partial charge < -0.3 is 10.2 Å². The van der Waals surface area contributed by atoms with E-state index < -0.39 is 28.5 Å². The molecule has 0 heterocycles. The van der Waals surface area contributed by atoms with Gasteiger partial charge in [0.05, 0.1) is 10.6 Å². The number of thioether (sulfide) groups is 1. The second-order valence-corrected chi connectivity index (χ2v) is 11.6. The van der Waals surface area contributed by atoms with Crippen LogP contribution >= 0.6 is 23.4 Å². The molecule has 196 valence electrons. The number of nitrogens with zero attached hydrogens (tertiary/aromatic N) is 2. The van der Waals surface area contributed by atoms with Gasteiger partial charge in [0.15, 0.2) is 0 Å². The van der Waals surface area contributed by atoms with Gasteiger partial charge in [-0.15, -0.1) is 11.8 Å². The van der Waals surface area contributed by atoms with E-state index in [2.05, 4.69) is 5.32 Å². The van der Waals surface area contributed by atoms with Crippen LogP contribution in [-0.4, -0.2) is 51.0 Å². The van der Waals surface area contributed by atoms with Gasteiger partial charge >= 0.3 is 0 Å². The van der Waals surface area contributed by atoms with Crippen molar-refractivity contribution in [3.8, 4) is 0 Å². The molecule has 0 aliphatic heterocycles. The van der Waals surface area contributed by atoms with Crippen molar-refractivity contribution in [2.24, 2.45) is 0 Å². The zero-order valence-electron chi connectivity index (χ0n) is 21.1. The van der Waals surface area contributed by atoms with E-state index in [9.17, 15) is 18.0 Å². The normalized spacial score (nSPS) is 12.0. The number of hydrogen-bond donors (Lipinski definition) is 1. The number of amides is 2. The van der Waals surface area contributed by atoms with Crippen molar-refractivity contribution in [3.63, 3.8) is 0 Å². The van der Waals surface area contributed by atoms with Crippen molar-refractivity contribution >= 4 is 50.9 Å². The molecule has 0 spiro atoms. The second-order valence-electron chi connectivity index (χ2n) is 8.43. The van der Waals surface area contributed by atoms with E-state index in [4.69, 9.17) is 11.6 Å². The molecule has 0 radical (unpaired) electrons. The Morgan fingerprint density at radius 2 is 1.62 bits per heavy atom. The summed E-state index contributed by atoms with van der Waals surface area (Å²) in [6.45, 7) is 3.03. The SMILES string of the molecule is CNC(=O)[C@H](C)N(Cc1ccccc1Cl)C(=O)CN(c1ccc(C)cc1)S(=O)(=O)c1ccc(SC)cc1. The van der Waals surface area contributed by atoms with Gasteiger partial charge in [0.25, 0.3) is 10.0 Å². The first-order valence-corrected chi connectivity index (χ1v) is 14.6. The molecule has 0 bridgehead atoms. The molecular weight excluding hydrogens is 530 g/mol. The van der Waals surface area contributed by atoms with E-state index in [-0.39, 0.29) is 17.3 Å². The predicted octanol–water partition coefficient (Wildman–Crippen LogP) is 4.73. The maximum absolute atomic E-state index is 13.8. The van der Waals surface area contributed by atoms with Crippen molar-refractivity contribution in [1.82, 2.24) is 10.2 Å². The predicted molar refractivity (Wildman–Crippen MR) is 149 cm³/mol. The Morgan fingerprint density at radius 3 is 2.19 bits per heavy atom. The molecule has 0 aliphatic carbocycles. The topological polar surface area (TPSA) is 86.8 Å². The van der Waals surface area contributed by atoms with Crippen LogP contribution < -0.4 is 9.62 Å². The number of rotatable bonds is 10. The summed E-state index contributed by atoms with van der Waals surface area (Å²) in [4.78, 5) is 28.6. The number of carbonyl (C=O) groups is 2. The van der Waals surface area contributed by atoms with E-state index in [1.807, 2.05) is 13.2 Å². The first kappa shape index (κ1) is 28.6. The number of likely N-dealkylation sites (N-methyl/N-ethyl adjacent to an activating group) is 1. The maximum Gasteiger partial charge on any atom is 0.264 e. The van der Waals surface area contributed by atoms with Crippen molar-refractivity contribution < 1.29 is 18.0 Å². The molecule has 10 heteroatoms. The number of sulfonamides is 1. The van der Waals surface area contributed by atoms with Gasteiger partial charge in [0.1, 0.15) is 12.6 Å². The first-order chi connectivity index (χ1) is 17.6. The van der Waals surface area contributed by atoms with Gasteiger partial charge in [0, 0.05) is 23.5 Å². The lowest BCUT2D eigenvalue weighted by Gasteiger charge is -2.32. The Balaban J connectivity index is 2.03. The van der Waals surface area contributed by atoms with Crippen LogP contribution in [0.3, 0.4) is 0 Å². The third-order valence-corrected chi connectivity index (χ3v) is 8.86. The third-order valence-electron chi connectivity index (χ3n) is 5.96. The van der Waals surface area contributed by atoms with Gasteiger partial charge in [-0.25, -0.2) is 8.42 Å². The fourth-order valence-corrected chi connectivity index (χ4v) is 5.73. The second kappa shape index (κ2) is 12.5. The maximum atomic E-state index is 13.8. The monoisotopic (exact) mass is 559 g/mol. The summed E-state index contributed by atoms with van der Waals surface area (Å²) < 4.78 is 28.7. The van der Waals surface area contributed by atoms with Crippen LogP contribution in [0.4, 0.5) is 5.69 Å². The largest absolute Gasteiger partial charge is 0.357 e. The fraction of sp³-hybridized carbons (Fsp3) is 0.259. The smallest absolute Gasteiger partial charge is 0.264 e. The number of anilines is 1. The molecule has 7 nitrogen and oxygen atoms in total. The van der Waals surface area contributed by atoms with Crippen molar-refractivity contribution in [1.29, 1.82) is 0 Å². The van der Waals surface area contributed by atoms with Crippen LogP contribution in [0.15, 0.2) is 82.6 Å². The third kappa shape index (κ3) is 6.85. The van der Waals surface area contributed by atoms with E-state index in [0.29, 0.717) is 16.3 Å². The Labute approximate surface area is 227 Å². The van der Waals surface area contributed by atoms with Crippen molar-refractivity contribution in [3.05, 3.63) is 88.9 Å². The number of hydrogen-bond acceptors (Lipinski definition) is 5. The zero-order valence-corrected chi connectivity index (χ0v) is 23.5. The van der Waals surface area contributed by atoms with Crippen LogP contribution in [0.2, 0.25) is 5.02 Å². The number of benzene rings is 3. The Hall–Kier alpha value is -3.01. The highest BCUT2D eigenvalue weighted by Crippen LogP contribution is 2.27. The molecule has 3 rings (SSSR count). The molecule has 0 saturated heterocycles. The van der Waals surface area contributed by atoms with Crippen LogP contribution in [-0.2, 0) is 26.2 Å². The lowest BCUT2D eigenvalue weighted by Crippen LogP contribution is -2.50. The molecule has 0 aliphatic rings. The number of nitrogens with one attached hydrogen (secondary N) is 1. The summed E-state index contributed by atoms with van der Waals surface area (Å²) >= 11 is 7.84. The van der Waals surface area contributed by atoms with Crippen LogP contribution in [0, 0.1) is 6.92 Å². The van der Waals surface area contributed by atoms with Crippen LogP contribution in [0.1, 0.15) is 18.1 Å². The number of halogens is 1. The standard InChI is InChI=1S/C27H30ClN3O4S2/c1-19-9-11-22(12-10-19)31(37(34,35)24-15-13-23(36-4)14-16-24)18-26(32)30(20(2)27(33)29-3)17-21-7-5-6-8-25(21)28/h5-16,20H,17-18H2,1-4H3,(H,29,33)/t20-/m0/s1. The average Bonchev–Trinajstić information content (AvgIpc) is 2.90. The molecule has 3 aromatic carbocycles. The lowest BCUT2D eigenvalue weighted by molar-refractivity contribution is -0.139. The van der Waals surface area contributed by atoms with Gasteiger partial charge in [-0.05, 0) is 68.1 Å². The Bertz CT molecular complexity index is 1350. The minimum absolute atomic E-state index is 0.0390. The van der Waals surface area contributed by atoms with E-state index in [1.54, 1.807) is 67.6 Å². The highest BCUT2D eigenvalue weighted by atomic mass is 35.5. The summed E-state index contributed by atoms with van der Waals surface area (Å²) in [5.74, 6) is -0.918. The fourth-order valence-electron chi connectivity index (χ4n) is 3.72. The minimum Gasteiger partial charge on any atom is -0.357 e. The number of aryl methyl sites for hydroxylation is 1. The molecule has 0 aromatic heterocycles. The Kier molecular flexibility index (Phi) is 9.64. The van der Waals surface area contributed by atoms with Crippen molar-refractivity contribution in [2.45, 2.75) is 36.2 Å². The quantitative estimate of drug-likeness (QED) is 0.363. The van der Waals surface area contributed by atoms with Gasteiger partial charge in [-0.3, -0.25) is 13.9 Å². The summed E-state index contributed by atoms with van der Waals surface area (Å²) in [6, 6.07) is 19.6. The van der Waals surface area contributed by atoms with Gasteiger partial charge in [0.2, 0.25) is 11.8 Å². The van der Waals surface area contributed by atoms with Crippen LogP contribution in [0.25, 0.3) is 0 Å². The first-order valence-electron chi connectivity index (χ1n) is 11.6. The highest BCUT2D eigenvalue weighted by Gasteiger charge is 2.32. The lowest BCUT2D eigenvalue weighted by atomic mass is 10.1. The molecule has 3 aromatic rings. The molecule has 1 atom stereocenters. The van der Waals surface area contributed by atoms with E-state index >= 15 is 0 Å². The molecule has 0 saturated carbocycles. The minimum atomic E-state index is -4.10. The molecule has 2 amide bonds. The Morgan fingerprint density at radius 1 is 1.00 bits per heavy atom. The average molecular weight is 560 g/mol. The summed E-state index contributed by atoms with van der Waals surface area (Å²) in [5.41, 5.74) is 1.94. The van der Waals surface area contributed by atoms with E-state index in [1.165, 1.54) is 35.8 Å². The zero-order chi connectivity index (χ0) is 27.2. The van der Waals surface area contributed by atoms with Gasteiger partial charge in [-0.2, -0.15) is 0 Å². The molecule has 0 unspecified atom stereocenters. The van der Waals surface area contributed by atoms with Gasteiger partial charge in [-0.1, -0.05) is 47.5 Å². The molecule has 0 fully saturated rings. The molecular formula is C27H30ClN3O4S2. The molecule has 37 heavy (non-hydrogen) atoms. The molecule has 1 N–H and O–H groups in total. The van der Waals surface area contributed by atoms with Crippen molar-refractivity contribution in [2.75, 3.05) is 24.2 Å². The van der Waals surface area contributed by atoms with Crippen LogP contribution in [0.5, 0.6) is 0 Å². The van der Waals surface area contributed by atoms with E-state index in [0.717, 1.165) is 14.8 Å².